The molecule has 0 aromatic heterocycles. The van der Waals surface area contributed by atoms with Crippen molar-refractivity contribution < 1.29 is 9.90 Å². The number of benzene rings is 1. The van der Waals surface area contributed by atoms with Gasteiger partial charge >= 0.3 is 0 Å². The number of nitrogens with zero attached hydrogens (tertiary/aromatic N) is 1. The molecule has 0 saturated heterocycles. The molecule has 1 aromatic carbocycles. The number of amides is 1. The van der Waals surface area contributed by atoms with Gasteiger partial charge in [-0.2, -0.15) is 0 Å². The van der Waals surface area contributed by atoms with E-state index < -0.39 is 5.60 Å². The van der Waals surface area contributed by atoms with Crippen molar-refractivity contribution in [1.29, 1.82) is 0 Å². The van der Waals surface area contributed by atoms with E-state index in [0.29, 0.717) is 31.4 Å². The number of rotatable bonds is 9. The van der Waals surface area contributed by atoms with Crippen LogP contribution in [0.1, 0.15) is 57.9 Å². The fraction of sp³-hybridized carbons (Fsp3) is 0.636. The van der Waals surface area contributed by atoms with Gasteiger partial charge in [-0.15, -0.1) is 0 Å². The van der Waals surface area contributed by atoms with Gasteiger partial charge in [0.25, 0.3) is 0 Å². The molecule has 0 bridgehead atoms. The maximum Gasteiger partial charge on any atom is 0.220 e. The SMILES string of the molecule is CCNC(=NCC(C)(O)c1ccccc1)NCCNC(=O)CC1CCCCC1. The molecular weight excluding hydrogens is 352 g/mol. The molecule has 0 heterocycles. The minimum absolute atomic E-state index is 0.141. The van der Waals surface area contributed by atoms with Crippen LogP contribution < -0.4 is 16.0 Å². The predicted octanol–water partition coefficient (Wildman–Crippen LogP) is 2.54. The fourth-order valence-electron chi connectivity index (χ4n) is 3.57. The van der Waals surface area contributed by atoms with Gasteiger partial charge in [-0.05, 0) is 38.2 Å². The van der Waals surface area contributed by atoms with E-state index in [9.17, 15) is 9.90 Å². The van der Waals surface area contributed by atoms with Crippen molar-refractivity contribution in [3.05, 3.63) is 35.9 Å². The molecule has 156 valence electrons. The normalized spacial score (nSPS) is 17.6. The summed E-state index contributed by atoms with van der Waals surface area (Å²) in [6, 6.07) is 9.55. The third-order valence-corrected chi connectivity index (χ3v) is 5.22. The molecule has 1 saturated carbocycles. The number of nitrogens with one attached hydrogen (secondary N) is 3. The Balaban J connectivity index is 1.74. The highest BCUT2D eigenvalue weighted by Crippen LogP contribution is 2.26. The second-order valence-corrected chi connectivity index (χ2v) is 7.82. The van der Waals surface area contributed by atoms with Crippen LogP contribution in [-0.4, -0.2) is 43.2 Å². The maximum atomic E-state index is 12.1. The second-order valence-electron chi connectivity index (χ2n) is 7.82. The van der Waals surface area contributed by atoms with Crippen LogP contribution in [-0.2, 0) is 10.4 Å². The highest BCUT2D eigenvalue weighted by Gasteiger charge is 2.22. The molecule has 6 nitrogen and oxygen atoms in total. The summed E-state index contributed by atoms with van der Waals surface area (Å²) < 4.78 is 0. The van der Waals surface area contributed by atoms with Gasteiger partial charge in [0.1, 0.15) is 5.60 Å². The third kappa shape index (κ3) is 7.89. The van der Waals surface area contributed by atoms with Gasteiger partial charge < -0.3 is 21.1 Å². The first-order chi connectivity index (χ1) is 13.5. The van der Waals surface area contributed by atoms with Crippen LogP contribution in [0.3, 0.4) is 0 Å². The van der Waals surface area contributed by atoms with Gasteiger partial charge in [-0.25, -0.2) is 4.99 Å². The molecular formula is C22H36N4O2. The van der Waals surface area contributed by atoms with Crippen LogP contribution in [0, 0.1) is 5.92 Å². The summed E-state index contributed by atoms with van der Waals surface area (Å²) in [5.74, 6) is 1.34. The Morgan fingerprint density at radius 3 is 2.46 bits per heavy atom. The number of guanidine groups is 1. The van der Waals surface area contributed by atoms with Crippen LogP contribution >= 0.6 is 0 Å². The monoisotopic (exact) mass is 388 g/mol. The first-order valence-electron chi connectivity index (χ1n) is 10.6. The average Bonchev–Trinajstić information content (AvgIpc) is 2.71. The highest BCUT2D eigenvalue weighted by molar-refractivity contribution is 5.80. The molecule has 1 atom stereocenters. The Hall–Kier alpha value is -2.08. The van der Waals surface area contributed by atoms with Crippen molar-refractivity contribution in [2.45, 2.75) is 58.0 Å². The Kier molecular flexibility index (Phi) is 9.28. The number of hydrogen-bond donors (Lipinski definition) is 4. The van der Waals surface area contributed by atoms with E-state index in [1.165, 1.54) is 32.1 Å². The molecule has 6 heteroatoms. The molecule has 0 aliphatic heterocycles. The number of carbonyl (C=O) groups is 1. The molecule has 1 aliphatic carbocycles. The van der Waals surface area contributed by atoms with Crippen molar-refractivity contribution >= 4 is 11.9 Å². The lowest BCUT2D eigenvalue weighted by atomic mass is 9.87. The van der Waals surface area contributed by atoms with E-state index in [-0.39, 0.29) is 12.5 Å². The molecule has 1 amide bonds. The van der Waals surface area contributed by atoms with Crippen molar-refractivity contribution in [3.8, 4) is 0 Å². The largest absolute Gasteiger partial charge is 0.384 e. The van der Waals surface area contributed by atoms with E-state index in [1.54, 1.807) is 6.92 Å². The summed E-state index contributed by atoms with van der Waals surface area (Å²) in [6.45, 7) is 5.90. The Bertz CT molecular complexity index is 610. The predicted molar refractivity (Wildman–Crippen MR) is 114 cm³/mol. The minimum Gasteiger partial charge on any atom is -0.384 e. The smallest absolute Gasteiger partial charge is 0.220 e. The van der Waals surface area contributed by atoms with Crippen LogP contribution in [0.2, 0.25) is 0 Å². The van der Waals surface area contributed by atoms with Gasteiger partial charge in [-0.1, -0.05) is 49.6 Å². The van der Waals surface area contributed by atoms with Crippen LogP contribution in [0.25, 0.3) is 0 Å². The first-order valence-corrected chi connectivity index (χ1v) is 10.6. The van der Waals surface area contributed by atoms with Crippen molar-refractivity contribution in [1.82, 2.24) is 16.0 Å². The quantitative estimate of drug-likeness (QED) is 0.297. The summed E-state index contributed by atoms with van der Waals surface area (Å²) in [5.41, 5.74) is -0.192. The molecule has 4 N–H and O–H groups in total. The van der Waals surface area contributed by atoms with E-state index in [2.05, 4.69) is 20.9 Å². The molecule has 1 fully saturated rings. The molecule has 0 spiro atoms. The molecule has 0 radical (unpaired) electrons. The summed E-state index contributed by atoms with van der Waals surface area (Å²) in [7, 11) is 0. The van der Waals surface area contributed by atoms with Crippen LogP contribution in [0.4, 0.5) is 0 Å². The van der Waals surface area contributed by atoms with Crippen LogP contribution in [0.5, 0.6) is 0 Å². The lowest BCUT2D eigenvalue weighted by Crippen LogP contribution is -2.42. The van der Waals surface area contributed by atoms with Gasteiger partial charge in [0.05, 0.1) is 6.54 Å². The standard InChI is InChI=1S/C22H36N4O2/c1-3-23-21(26-17-22(2,28)19-12-8-5-9-13-19)25-15-14-24-20(27)16-18-10-6-4-7-11-18/h5,8-9,12-13,18,28H,3-4,6-7,10-11,14-17H2,1-2H3,(H,24,27)(H2,23,25,26). The zero-order valence-corrected chi connectivity index (χ0v) is 17.3. The summed E-state index contributed by atoms with van der Waals surface area (Å²) in [6.07, 6.45) is 6.85. The molecule has 1 aromatic rings. The number of aliphatic imine (C=N–C) groups is 1. The summed E-state index contributed by atoms with van der Waals surface area (Å²) in [4.78, 5) is 16.6. The van der Waals surface area contributed by atoms with E-state index >= 15 is 0 Å². The van der Waals surface area contributed by atoms with Gasteiger partial charge in [0, 0.05) is 26.1 Å². The van der Waals surface area contributed by atoms with Crippen molar-refractivity contribution in [2.24, 2.45) is 10.9 Å². The zero-order chi connectivity index (χ0) is 20.2. The Morgan fingerprint density at radius 1 is 1.11 bits per heavy atom. The average molecular weight is 389 g/mol. The Morgan fingerprint density at radius 2 is 1.79 bits per heavy atom. The van der Waals surface area contributed by atoms with Gasteiger partial charge in [0.2, 0.25) is 5.91 Å². The molecule has 1 unspecified atom stereocenters. The van der Waals surface area contributed by atoms with Gasteiger partial charge in [-0.3, -0.25) is 4.79 Å². The minimum atomic E-state index is -1.03. The molecule has 2 rings (SSSR count). The molecule has 1 aliphatic rings. The second kappa shape index (κ2) is 11.7. The van der Waals surface area contributed by atoms with Crippen LogP contribution in [0.15, 0.2) is 35.3 Å². The zero-order valence-electron chi connectivity index (χ0n) is 17.3. The number of aliphatic hydroxyl groups is 1. The van der Waals surface area contributed by atoms with Crippen molar-refractivity contribution in [2.75, 3.05) is 26.2 Å². The van der Waals surface area contributed by atoms with Gasteiger partial charge in [0.15, 0.2) is 5.96 Å². The summed E-state index contributed by atoms with van der Waals surface area (Å²) >= 11 is 0. The maximum absolute atomic E-state index is 12.1. The van der Waals surface area contributed by atoms with E-state index in [4.69, 9.17) is 0 Å². The number of hydrogen-bond acceptors (Lipinski definition) is 3. The van der Waals surface area contributed by atoms with Crippen molar-refractivity contribution in [3.63, 3.8) is 0 Å². The van der Waals surface area contributed by atoms with E-state index in [0.717, 1.165) is 12.1 Å². The fourth-order valence-corrected chi connectivity index (χ4v) is 3.57. The summed E-state index contributed by atoms with van der Waals surface area (Å²) in [5, 5.41) is 20.1. The topological polar surface area (TPSA) is 85.8 Å². The Labute approximate surface area is 169 Å². The first kappa shape index (κ1) is 22.2. The molecule has 28 heavy (non-hydrogen) atoms. The third-order valence-electron chi connectivity index (χ3n) is 5.22. The highest BCUT2D eigenvalue weighted by atomic mass is 16.3. The van der Waals surface area contributed by atoms with E-state index in [1.807, 2.05) is 37.3 Å². The lowest BCUT2D eigenvalue weighted by Gasteiger charge is -2.22. The lowest BCUT2D eigenvalue weighted by molar-refractivity contribution is -0.122. The number of carbonyl (C=O) groups excluding carboxylic acids is 1.